The van der Waals surface area contributed by atoms with Crippen molar-refractivity contribution in [2.24, 2.45) is 0 Å². The topological polar surface area (TPSA) is 61.0 Å². The summed E-state index contributed by atoms with van der Waals surface area (Å²) in [6, 6.07) is 0. The van der Waals surface area contributed by atoms with Gasteiger partial charge in [0, 0.05) is 37.3 Å². The lowest BCUT2D eigenvalue weighted by Crippen LogP contribution is -2.40. The van der Waals surface area contributed by atoms with Crippen LogP contribution in [-0.2, 0) is 13.0 Å². The molecule has 1 amide bonds. The van der Waals surface area contributed by atoms with Gasteiger partial charge in [0.05, 0.1) is 0 Å². The summed E-state index contributed by atoms with van der Waals surface area (Å²) in [5.41, 5.74) is 1.63. The number of fused-ring (bicyclic) bond motifs is 1. The number of alkyl halides is 3. The molecule has 0 bridgehead atoms. The average Bonchev–Trinajstić information content (AvgIpc) is 2.85. The van der Waals surface area contributed by atoms with Crippen molar-refractivity contribution in [2.45, 2.75) is 38.9 Å². The number of carbonyl (C=O) groups excluding carboxylic acids is 1. The summed E-state index contributed by atoms with van der Waals surface area (Å²) in [6.45, 7) is 1.95. The molecule has 2 N–H and O–H groups in total. The van der Waals surface area contributed by atoms with Crippen LogP contribution in [0.3, 0.4) is 0 Å². The monoisotopic (exact) mass is 340 g/mol. The van der Waals surface area contributed by atoms with Gasteiger partial charge in [-0.3, -0.25) is 9.89 Å². The van der Waals surface area contributed by atoms with E-state index in [2.05, 4.69) is 15.5 Å². The summed E-state index contributed by atoms with van der Waals surface area (Å²) in [6.07, 6.45) is -2.45. The standard InChI is InChI=1S/C13H19F3N4O.ClH/c1-2-3-6-20(8-13(14,15)16)12(21)11-9-7-17-5-4-10(9)18-19-11;/h17H,2-8H2,1H3,(H,18,19);1H. The van der Waals surface area contributed by atoms with Crippen LogP contribution in [0.5, 0.6) is 0 Å². The summed E-state index contributed by atoms with van der Waals surface area (Å²) >= 11 is 0. The van der Waals surface area contributed by atoms with E-state index >= 15 is 0 Å². The Morgan fingerprint density at radius 2 is 2.14 bits per heavy atom. The second-order valence-electron chi connectivity index (χ2n) is 5.15. The number of amides is 1. The fourth-order valence-electron chi connectivity index (χ4n) is 2.37. The number of hydrogen-bond donors (Lipinski definition) is 2. The van der Waals surface area contributed by atoms with E-state index in [1.54, 1.807) is 0 Å². The van der Waals surface area contributed by atoms with Gasteiger partial charge in [-0.05, 0) is 6.42 Å². The van der Waals surface area contributed by atoms with E-state index in [1.165, 1.54) is 0 Å². The van der Waals surface area contributed by atoms with Gasteiger partial charge in [-0.1, -0.05) is 13.3 Å². The third kappa shape index (κ3) is 4.61. The van der Waals surface area contributed by atoms with Crippen molar-refractivity contribution in [3.8, 4) is 0 Å². The molecule has 5 nitrogen and oxygen atoms in total. The highest BCUT2D eigenvalue weighted by Gasteiger charge is 2.35. The molecule has 9 heteroatoms. The van der Waals surface area contributed by atoms with Crippen LogP contribution in [0.1, 0.15) is 41.5 Å². The van der Waals surface area contributed by atoms with Gasteiger partial charge in [0.2, 0.25) is 0 Å². The maximum Gasteiger partial charge on any atom is 0.406 e. The Hall–Kier alpha value is -1.28. The fourth-order valence-corrected chi connectivity index (χ4v) is 2.37. The van der Waals surface area contributed by atoms with Crippen molar-refractivity contribution >= 4 is 18.3 Å². The van der Waals surface area contributed by atoms with Crippen LogP contribution in [-0.4, -0.2) is 46.8 Å². The largest absolute Gasteiger partial charge is 0.406 e. The first-order valence-corrected chi connectivity index (χ1v) is 7.05. The van der Waals surface area contributed by atoms with Gasteiger partial charge in [-0.25, -0.2) is 0 Å². The predicted molar refractivity (Wildman–Crippen MR) is 78.1 cm³/mol. The second-order valence-corrected chi connectivity index (χ2v) is 5.15. The number of aromatic amines is 1. The second kappa shape index (κ2) is 7.82. The predicted octanol–water partition coefficient (Wildman–Crippen LogP) is 2.28. The molecule has 0 saturated heterocycles. The number of nitrogens with one attached hydrogen (secondary N) is 2. The molecule has 0 aromatic carbocycles. The van der Waals surface area contributed by atoms with Gasteiger partial charge < -0.3 is 10.2 Å². The van der Waals surface area contributed by atoms with Crippen molar-refractivity contribution in [3.05, 3.63) is 17.0 Å². The number of carbonyl (C=O) groups is 1. The molecule has 126 valence electrons. The summed E-state index contributed by atoms with van der Waals surface area (Å²) in [5, 5.41) is 9.80. The van der Waals surface area contributed by atoms with E-state index < -0.39 is 18.6 Å². The van der Waals surface area contributed by atoms with E-state index in [-0.39, 0.29) is 24.6 Å². The highest BCUT2D eigenvalue weighted by atomic mass is 35.5. The minimum absolute atomic E-state index is 0. The average molecular weight is 341 g/mol. The van der Waals surface area contributed by atoms with Crippen LogP contribution in [0.2, 0.25) is 0 Å². The molecule has 1 aliphatic heterocycles. The highest BCUT2D eigenvalue weighted by molar-refractivity contribution is 5.94. The molecule has 2 heterocycles. The zero-order valence-electron chi connectivity index (χ0n) is 12.3. The molecular formula is C13H20ClF3N4O. The van der Waals surface area contributed by atoms with Gasteiger partial charge in [-0.2, -0.15) is 18.3 Å². The molecule has 0 atom stereocenters. The number of hydrogen-bond acceptors (Lipinski definition) is 3. The summed E-state index contributed by atoms with van der Waals surface area (Å²) < 4.78 is 37.9. The minimum atomic E-state index is -4.40. The maximum atomic E-state index is 12.6. The molecular weight excluding hydrogens is 321 g/mol. The Kier molecular flexibility index (Phi) is 6.67. The van der Waals surface area contributed by atoms with Gasteiger partial charge in [0.1, 0.15) is 6.54 Å². The van der Waals surface area contributed by atoms with Crippen molar-refractivity contribution in [1.29, 1.82) is 0 Å². The molecule has 0 spiro atoms. The molecule has 0 fully saturated rings. The smallest absolute Gasteiger partial charge is 0.328 e. The molecule has 0 unspecified atom stereocenters. The Bertz CT molecular complexity index is 504. The van der Waals surface area contributed by atoms with Crippen LogP contribution in [0.25, 0.3) is 0 Å². The normalized spacial score (nSPS) is 14.2. The van der Waals surface area contributed by atoms with Crippen LogP contribution in [0.4, 0.5) is 13.2 Å². The Labute approximate surface area is 133 Å². The molecule has 0 radical (unpaired) electrons. The lowest BCUT2D eigenvalue weighted by molar-refractivity contribution is -0.140. The van der Waals surface area contributed by atoms with E-state index in [1.807, 2.05) is 6.92 Å². The Morgan fingerprint density at radius 1 is 1.41 bits per heavy atom. The number of unbranched alkanes of at least 4 members (excludes halogenated alkanes) is 1. The molecule has 22 heavy (non-hydrogen) atoms. The Balaban J connectivity index is 0.00000242. The molecule has 0 aliphatic carbocycles. The van der Waals surface area contributed by atoms with E-state index in [0.29, 0.717) is 24.9 Å². The van der Waals surface area contributed by atoms with E-state index in [9.17, 15) is 18.0 Å². The summed E-state index contributed by atoms with van der Waals surface area (Å²) in [7, 11) is 0. The van der Waals surface area contributed by atoms with Crippen LogP contribution < -0.4 is 5.32 Å². The first-order valence-electron chi connectivity index (χ1n) is 7.05. The van der Waals surface area contributed by atoms with Gasteiger partial charge >= 0.3 is 6.18 Å². The third-order valence-corrected chi connectivity index (χ3v) is 3.45. The van der Waals surface area contributed by atoms with Crippen molar-refractivity contribution < 1.29 is 18.0 Å². The molecule has 2 rings (SSSR count). The first kappa shape index (κ1) is 18.8. The van der Waals surface area contributed by atoms with Gasteiger partial charge in [-0.15, -0.1) is 12.4 Å². The van der Waals surface area contributed by atoms with Crippen molar-refractivity contribution in [1.82, 2.24) is 20.4 Å². The molecule has 1 aliphatic rings. The SMILES string of the molecule is CCCCN(CC(F)(F)F)C(=O)c1n[nH]c2c1CNCC2.Cl. The third-order valence-electron chi connectivity index (χ3n) is 3.45. The number of nitrogens with zero attached hydrogens (tertiary/aromatic N) is 2. The van der Waals surface area contributed by atoms with Crippen LogP contribution in [0, 0.1) is 0 Å². The number of aromatic nitrogens is 2. The van der Waals surface area contributed by atoms with Gasteiger partial charge in [0.15, 0.2) is 5.69 Å². The number of rotatable bonds is 5. The lowest BCUT2D eigenvalue weighted by atomic mass is 10.1. The van der Waals surface area contributed by atoms with E-state index in [4.69, 9.17) is 0 Å². The van der Waals surface area contributed by atoms with Gasteiger partial charge in [0.25, 0.3) is 5.91 Å². The molecule has 1 aromatic heterocycles. The minimum Gasteiger partial charge on any atom is -0.328 e. The maximum absolute atomic E-state index is 12.6. The quantitative estimate of drug-likeness (QED) is 0.864. The lowest BCUT2D eigenvalue weighted by Gasteiger charge is -2.24. The van der Waals surface area contributed by atoms with Crippen LogP contribution in [0.15, 0.2) is 0 Å². The summed E-state index contributed by atoms with van der Waals surface area (Å²) in [4.78, 5) is 13.2. The van der Waals surface area contributed by atoms with Crippen LogP contribution >= 0.6 is 12.4 Å². The van der Waals surface area contributed by atoms with Crippen molar-refractivity contribution in [3.63, 3.8) is 0 Å². The van der Waals surface area contributed by atoms with E-state index in [0.717, 1.165) is 23.6 Å². The first-order chi connectivity index (χ1) is 9.92. The van der Waals surface area contributed by atoms with Crippen molar-refractivity contribution in [2.75, 3.05) is 19.6 Å². The zero-order valence-corrected chi connectivity index (χ0v) is 13.1. The summed E-state index contributed by atoms with van der Waals surface area (Å²) in [5.74, 6) is -0.651. The molecule has 0 saturated carbocycles. The number of H-pyrrole nitrogens is 1. The Morgan fingerprint density at radius 3 is 2.77 bits per heavy atom. The fraction of sp³-hybridized carbons (Fsp3) is 0.692. The zero-order chi connectivity index (χ0) is 15.5. The molecule has 1 aromatic rings. The number of halogens is 4. The highest BCUT2D eigenvalue weighted by Crippen LogP contribution is 2.21.